The number of carbonyl (C=O) groups excluding carboxylic acids is 2. The summed E-state index contributed by atoms with van der Waals surface area (Å²) < 4.78 is 20.1. The lowest BCUT2D eigenvalue weighted by Crippen LogP contribution is -2.42. The normalized spacial score (nSPS) is 12.0. The van der Waals surface area contributed by atoms with E-state index in [1.165, 1.54) is 12.1 Å². The maximum Gasteiger partial charge on any atom is 0.318 e. The predicted octanol–water partition coefficient (Wildman–Crippen LogP) is 1.02. The Hall–Kier alpha value is -2.82. The van der Waals surface area contributed by atoms with Crippen molar-refractivity contribution in [3.63, 3.8) is 0 Å². The second kappa shape index (κ2) is 8.52. The van der Waals surface area contributed by atoms with Crippen LogP contribution in [0.1, 0.15) is 19.7 Å². The summed E-state index contributed by atoms with van der Waals surface area (Å²) in [6.45, 7) is 3.50. The van der Waals surface area contributed by atoms with E-state index in [0.717, 1.165) is 16.4 Å². The summed E-state index contributed by atoms with van der Waals surface area (Å²) in [6.07, 6.45) is 0. The molecule has 1 aromatic heterocycles. The number of nitrogens with zero attached hydrogens (tertiary/aromatic N) is 3. The van der Waals surface area contributed by atoms with Crippen LogP contribution in [0.25, 0.3) is 0 Å². The molecule has 140 valence electrons. The highest BCUT2D eigenvalue weighted by Gasteiger charge is 2.27. The molecule has 2 aromatic rings. The number of ether oxygens (including phenoxy) is 1. The van der Waals surface area contributed by atoms with Gasteiger partial charge in [-0.05, 0) is 18.1 Å². The van der Waals surface area contributed by atoms with Gasteiger partial charge in [0, 0.05) is 0 Å². The smallest absolute Gasteiger partial charge is 0.318 e. The number of halogens is 1. The van der Waals surface area contributed by atoms with Crippen LogP contribution in [0, 0.1) is 11.7 Å². The molecular weight excluding hydrogens is 363 g/mol. The zero-order valence-corrected chi connectivity index (χ0v) is 15.0. The number of benzene rings is 1. The Kier molecular flexibility index (Phi) is 6.39. The van der Waals surface area contributed by atoms with E-state index in [9.17, 15) is 14.0 Å². The van der Waals surface area contributed by atoms with E-state index in [4.69, 9.17) is 16.3 Å². The number of nitrogen functional groups attached to an aromatic ring is 1. The van der Waals surface area contributed by atoms with Gasteiger partial charge in [-0.3, -0.25) is 10.1 Å². The van der Waals surface area contributed by atoms with Crippen molar-refractivity contribution in [1.29, 1.82) is 0 Å². The van der Waals surface area contributed by atoms with Gasteiger partial charge in [0.25, 0.3) is 0 Å². The van der Waals surface area contributed by atoms with E-state index < -0.39 is 23.0 Å². The summed E-state index contributed by atoms with van der Waals surface area (Å²) in [4.78, 5) is 23.0. The average molecular weight is 382 g/mol. The molecule has 26 heavy (non-hydrogen) atoms. The lowest BCUT2D eigenvalue weighted by Gasteiger charge is -2.17. The first-order chi connectivity index (χ1) is 12.3. The number of primary amides is 1. The minimum absolute atomic E-state index is 0.0607. The molecule has 5 N–H and O–H groups in total. The van der Waals surface area contributed by atoms with Crippen molar-refractivity contribution in [2.24, 2.45) is 11.7 Å². The summed E-state index contributed by atoms with van der Waals surface area (Å²) in [7, 11) is 0. The number of rotatable bonds is 7. The minimum Gasteiger partial charge on any atom is -0.482 e. The van der Waals surface area contributed by atoms with Crippen molar-refractivity contribution < 1.29 is 18.7 Å². The van der Waals surface area contributed by atoms with Crippen molar-refractivity contribution in [2.75, 3.05) is 5.84 Å². The number of amides is 3. The molecule has 2 rings (SSSR count). The van der Waals surface area contributed by atoms with Crippen LogP contribution < -0.4 is 21.6 Å². The van der Waals surface area contributed by atoms with Gasteiger partial charge in [-0.1, -0.05) is 37.7 Å². The molecule has 0 bridgehead atoms. The molecule has 9 nitrogen and oxygen atoms in total. The predicted molar refractivity (Wildman–Crippen MR) is 93.1 cm³/mol. The van der Waals surface area contributed by atoms with Crippen LogP contribution in [-0.2, 0) is 11.4 Å². The SMILES string of the molecule is CC(C)C(Sc1nnc(COc2ccccc2F)n1N)C(=O)NC(N)=O. The Morgan fingerprint density at radius 3 is 2.65 bits per heavy atom. The van der Waals surface area contributed by atoms with Crippen molar-refractivity contribution in [1.82, 2.24) is 20.2 Å². The first-order valence-electron chi connectivity index (χ1n) is 7.63. The minimum atomic E-state index is -0.936. The molecule has 0 aliphatic rings. The van der Waals surface area contributed by atoms with Crippen LogP contribution in [0.2, 0.25) is 0 Å². The number of nitrogens with two attached hydrogens (primary N) is 2. The van der Waals surface area contributed by atoms with Gasteiger partial charge in [0.1, 0.15) is 6.61 Å². The van der Waals surface area contributed by atoms with Crippen molar-refractivity contribution in [2.45, 2.75) is 30.9 Å². The fourth-order valence-corrected chi connectivity index (χ4v) is 2.96. The number of carbonyl (C=O) groups is 2. The molecule has 1 heterocycles. The molecule has 3 amide bonds. The van der Waals surface area contributed by atoms with E-state index in [1.54, 1.807) is 26.0 Å². The third-order valence-corrected chi connectivity index (χ3v) is 4.77. The van der Waals surface area contributed by atoms with Crippen molar-refractivity contribution in [3.8, 4) is 5.75 Å². The third-order valence-electron chi connectivity index (χ3n) is 3.27. The van der Waals surface area contributed by atoms with Gasteiger partial charge in [0.2, 0.25) is 11.1 Å². The molecule has 11 heteroatoms. The van der Waals surface area contributed by atoms with Gasteiger partial charge in [0.05, 0.1) is 5.25 Å². The highest BCUT2D eigenvalue weighted by Crippen LogP contribution is 2.27. The van der Waals surface area contributed by atoms with Crippen LogP contribution in [-0.4, -0.2) is 32.1 Å². The van der Waals surface area contributed by atoms with Crippen molar-refractivity contribution in [3.05, 3.63) is 35.9 Å². The average Bonchev–Trinajstić information content (AvgIpc) is 2.91. The van der Waals surface area contributed by atoms with Gasteiger partial charge in [0.15, 0.2) is 17.4 Å². The lowest BCUT2D eigenvalue weighted by molar-refractivity contribution is -0.120. The van der Waals surface area contributed by atoms with Crippen LogP contribution >= 0.6 is 11.8 Å². The zero-order chi connectivity index (χ0) is 19.3. The highest BCUT2D eigenvalue weighted by atomic mass is 32.2. The van der Waals surface area contributed by atoms with E-state index in [1.807, 2.05) is 5.32 Å². The topological polar surface area (TPSA) is 138 Å². The Morgan fingerprint density at radius 2 is 2.04 bits per heavy atom. The molecule has 0 spiro atoms. The molecule has 0 radical (unpaired) electrons. The van der Waals surface area contributed by atoms with E-state index in [-0.39, 0.29) is 29.3 Å². The summed E-state index contributed by atoms with van der Waals surface area (Å²) in [5.41, 5.74) is 4.98. The highest BCUT2D eigenvalue weighted by molar-refractivity contribution is 8.00. The standard InChI is InChI=1S/C15H19FN6O3S/c1-8(2)12(13(23)19-14(17)24)26-15-21-20-11(22(15)18)7-25-10-6-4-3-5-9(10)16/h3-6,8,12H,7,18H2,1-2H3,(H3,17,19,23,24). The second-order valence-corrected chi connectivity index (χ2v) is 6.73. The maximum absolute atomic E-state index is 13.6. The first-order valence-corrected chi connectivity index (χ1v) is 8.51. The van der Waals surface area contributed by atoms with Crippen molar-refractivity contribution >= 4 is 23.7 Å². The number of hydrogen-bond donors (Lipinski definition) is 3. The molecule has 1 atom stereocenters. The van der Waals surface area contributed by atoms with Crippen LogP contribution in [0.3, 0.4) is 0 Å². The summed E-state index contributed by atoms with van der Waals surface area (Å²) in [5.74, 6) is 5.05. The number of imide groups is 1. The van der Waals surface area contributed by atoms with Gasteiger partial charge in [-0.2, -0.15) is 0 Å². The Bertz CT molecular complexity index is 797. The number of aromatic nitrogens is 3. The third kappa shape index (κ3) is 4.85. The maximum atomic E-state index is 13.6. The molecule has 1 aromatic carbocycles. The van der Waals surface area contributed by atoms with E-state index >= 15 is 0 Å². The Labute approximate surface area is 153 Å². The summed E-state index contributed by atoms with van der Waals surface area (Å²) >= 11 is 1.03. The quantitative estimate of drug-likeness (QED) is 0.480. The summed E-state index contributed by atoms with van der Waals surface area (Å²) in [5, 5.41) is 9.43. The number of thioether (sulfide) groups is 1. The fraction of sp³-hybridized carbons (Fsp3) is 0.333. The summed E-state index contributed by atoms with van der Waals surface area (Å²) in [6, 6.07) is 5.00. The monoisotopic (exact) mass is 382 g/mol. The van der Waals surface area contributed by atoms with Gasteiger partial charge >= 0.3 is 6.03 Å². The number of nitrogens with one attached hydrogen (secondary N) is 1. The van der Waals surface area contributed by atoms with Gasteiger partial charge < -0.3 is 16.3 Å². The van der Waals surface area contributed by atoms with Crippen LogP contribution in [0.5, 0.6) is 5.75 Å². The Morgan fingerprint density at radius 1 is 1.35 bits per heavy atom. The van der Waals surface area contributed by atoms with E-state index in [0.29, 0.717) is 0 Å². The first kappa shape index (κ1) is 19.5. The number of para-hydroxylation sites is 1. The lowest BCUT2D eigenvalue weighted by atomic mass is 10.1. The van der Waals surface area contributed by atoms with Crippen LogP contribution in [0.15, 0.2) is 29.4 Å². The molecular formula is C15H19FN6O3S. The second-order valence-electron chi connectivity index (χ2n) is 5.62. The molecule has 0 aliphatic carbocycles. The molecule has 0 aliphatic heterocycles. The van der Waals surface area contributed by atoms with E-state index in [2.05, 4.69) is 10.2 Å². The molecule has 0 saturated heterocycles. The molecule has 1 unspecified atom stereocenters. The largest absolute Gasteiger partial charge is 0.482 e. The number of urea groups is 1. The molecule has 0 saturated carbocycles. The zero-order valence-electron chi connectivity index (χ0n) is 14.2. The number of hydrogen-bond acceptors (Lipinski definition) is 7. The molecule has 0 fully saturated rings. The van der Waals surface area contributed by atoms with Crippen LogP contribution in [0.4, 0.5) is 9.18 Å². The fourth-order valence-electron chi connectivity index (χ4n) is 1.99. The Balaban J connectivity index is 2.08. The van der Waals surface area contributed by atoms with Gasteiger partial charge in [-0.25, -0.2) is 13.9 Å². The van der Waals surface area contributed by atoms with Gasteiger partial charge in [-0.15, -0.1) is 10.2 Å².